The van der Waals surface area contributed by atoms with Crippen LogP contribution >= 0.6 is 0 Å². The van der Waals surface area contributed by atoms with E-state index in [0.29, 0.717) is 0 Å². The lowest BCUT2D eigenvalue weighted by Gasteiger charge is -2.05. The fourth-order valence-electron chi connectivity index (χ4n) is 2.41. The van der Waals surface area contributed by atoms with Crippen LogP contribution in [0.2, 0.25) is 0 Å². The molecule has 2 N–H and O–H groups in total. The van der Waals surface area contributed by atoms with E-state index in [4.69, 9.17) is 21.7 Å². The zero-order chi connectivity index (χ0) is 20.6. The van der Waals surface area contributed by atoms with Crippen molar-refractivity contribution in [1.82, 2.24) is 0 Å². The first-order valence-electron chi connectivity index (χ1n) is 9.31. The van der Waals surface area contributed by atoms with E-state index in [2.05, 4.69) is 6.92 Å². The van der Waals surface area contributed by atoms with Crippen LogP contribution in [0.1, 0.15) is 71.1 Å². The van der Waals surface area contributed by atoms with Gasteiger partial charge in [-0.2, -0.15) is 16.8 Å². The molecule has 0 spiro atoms. The molecule has 0 aromatic heterocycles. The van der Waals surface area contributed by atoms with Crippen LogP contribution in [-0.2, 0) is 24.7 Å². The van der Waals surface area contributed by atoms with Crippen molar-refractivity contribution in [1.29, 1.82) is 0 Å². The van der Waals surface area contributed by atoms with Gasteiger partial charge in [0.25, 0.3) is 10.1 Å². The normalized spacial score (nSPS) is 11.7. The van der Waals surface area contributed by atoms with E-state index in [1.54, 1.807) is 30.3 Å². The minimum absolute atomic E-state index is 0.238. The molecule has 9 heteroatoms. The number of unbranched alkanes of at least 4 members (excludes halogenated alkanes) is 9. The summed E-state index contributed by atoms with van der Waals surface area (Å²) < 4.78 is 60.4. The summed E-state index contributed by atoms with van der Waals surface area (Å²) in [6.07, 6.45) is 12.3. The standard InChI is InChI=1S/C18H30O3S.H2O4S/c1-2-3-4-5-6-7-8-9-10-14-17-21-22(19,20)18-15-12-11-13-16-18;1-5(2,3)4/h11-13,15-16H,2-10,14,17H2,1H3;(H2,1,2,3,4). The Hall–Kier alpha value is -1.00. The zero-order valence-corrected chi connectivity index (χ0v) is 17.6. The summed E-state index contributed by atoms with van der Waals surface area (Å²) in [7, 11) is -8.24. The third-order valence-electron chi connectivity index (χ3n) is 3.77. The van der Waals surface area contributed by atoms with E-state index in [1.807, 2.05) is 0 Å². The molecule has 0 unspecified atom stereocenters. The molecule has 0 aliphatic heterocycles. The molecule has 1 aromatic rings. The molecule has 0 fully saturated rings. The third kappa shape index (κ3) is 18.1. The molecule has 0 radical (unpaired) electrons. The third-order valence-corrected chi connectivity index (χ3v) is 5.09. The van der Waals surface area contributed by atoms with Gasteiger partial charge >= 0.3 is 10.4 Å². The van der Waals surface area contributed by atoms with Crippen LogP contribution in [0.3, 0.4) is 0 Å². The SMILES string of the molecule is CCCCCCCCCCCCOS(=O)(=O)c1ccccc1.O=S(=O)(O)O. The summed E-state index contributed by atoms with van der Waals surface area (Å²) in [5.74, 6) is 0. The lowest BCUT2D eigenvalue weighted by atomic mass is 10.1. The Balaban J connectivity index is 0.00000119. The molecule has 0 aliphatic rings. The molecule has 1 rings (SSSR count). The predicted octanol–water partition coefficient (Wildman–Crippen LogP) is 4.66. The Kier molecular flexibility index (Phi) is 14.4. The zero-order valence-electron chi connectivity index (χ0n) is 15.9. The Bertz CT molecular complexity index is 663. The van der Waals surface area contributed by atoms with Gasteiger partial charge in [0.05, 0.1) is 11.5 Å². The van der Waals surface area contributed by atoms with E-state index < -0.39 is 20.5 Å². The number of hydrogen-bond acceptors (Lipinski definition) is 5. The Morgan fingerprint density at radius 2 is 1.15 bits per heavy atom. The van der Waals surface area contributed by atoms with Gasteiger partial charge in [-0.25, -0.2) is 0 Å². The van der Waals surface area contributed by atoms with Gasteiger partial charge in [0.1, 0.15) is 0 Å². The van der Waals surface area contributed by atoms with Gasteiger partial charge in [-0.05, 0) is 18.6 Å². The highest BCUT2D eigenvalue weighted by Crippen LogP contribution is 2.13. The lowest BCUT2D eigenvalue weighted by Crippen LogP contribution is -2.07. The maximum Gasteiger partial charge on any atom is 0.394 e. The van der Waals surface area contributed by atoms with E-state index in [-0.39, 0.29) is 11.5 Å². The predicted molar refractivity (Wildman–Crippen MR) is 106 cm³/mol. The average Bonchev–Trinajstić information content (AvgIpc) is 2.59. The molecule has 0 atom stereocenters. The first-order chi connectivity index (χ1) is 12.7. The second-order valence-corrected chi connectivity index (χ2v) is 8.73. The minimum atomic E-state index is -4.67. The van der Waals surface area contributed by atoms with Crippen LogP contribution in [-0.4, -0.2) is 32.5 Å². The summed E-state index contributed by atoms with van der Waals surface area (Å²) in [5.41, 5.74) is 0. The minimum Gasteiger partial charge on any atom is -0.266 e. The first kappa shape index (κ1) is 26.0. The van der Waals surface area contributed by atoms with Crippen LogP contribution in [0.15, 0.2) is 35.2 Å². The molecule has 27 heavy (non-hydrogen) atoms. The van der Waals surface area contributed by atoms with Crippen molar-refractivity contribution in [3.05, 3.63) is 30.3 Å². The molecule has 1 aromatic carbocycles. The van der Waals surface area contributed by atoms with Crippen molar-refractivity contribution in [3.63, 3.8) is 0 Å². The fourth-order valence-corrected chi connectivity index (χ4v) is 3.38. The summed E-state index contributed by atoms with van der Waals surface area (Å²) in [6, 6.07) is 8.33. The number of hydrogen-bond donors (Lipinski definition) is 2. The second kappa shape index (κ2) is 15.0. The lowest BCUT2D eigenvalue weighted by molar-refractivity contribution is 0.306. The Morgan fingerprint density at radius 1 is 0.741 bits per heavy atom. The molecule has 7 nitrogen and oxygen atoms in total. The number of rotatable bonds is 13. The van der Waals surface area contributed by atoms with Crippen LogP contribution in [0.4, 0.5) is 0 Å². The Morgan fingerprint density at radius 3 is 1.59 bits per heavy atom. The van der Waals surface area contributed by atoms with Crippen molar-refractivity contribution in [3.8, 4) is 0 Å². The highest BCUT2D eigenvalue weighted by molar-refractivity contribution is 7.86. The molecule has 0 heterocycles. The van der Waals surface area contributed by atoms with Crippen LogP contribution in [0, 0.1) is 0 Å². The highest BCUT2D eigenvalue weighted by Gasteiger charge is 2.13. The quantitative estimate of drug-likeness (QED) is 0.268. The van der Waals surface area contributed by atoms with E-state index in [1.165, 1.54) is 51.4 Å². The van der Waals surface area contributed by atoms with E-state index in [9.17, 15) is 8.42 Å². The maximum absolute atomic E-state index is 11.9. The van der Waals surface area contributed by atoms with E-state index in [0.717, 1.165) is 12.8 Å². The van der Waals surface area contributed by atoms with Gasteiger partial charge in [-0.15, -0.1) is 0 Å². The van der Waals surface area contributed by atoms with Gasteiger partial charge in [0, 0.05) is 0 Å². The second-order valence-electron chi connectivity index (χ2n) is 6.22. The van der Waals surface area contributed by atoms with Crippen molar-refractivity contribution < 1.29 is 30.1 Å². The van der Waals surface area contributed by atoms with Crippen molar-refractivity contribution >= 4 is 20.5 Å². The van der Waals surface area contributed by atoms with Crippen LogP contribution in [0.25, 0.3) is 0 Å². The molecule has 0 amide bonds. The average molecular weight is 425 g/mol. The largest absolute Gasteiger partial charge is 0.394 e. The summed E-state index contributed by atoms with van der Waals surface area (Å²) in [5, 5.41) is 0. The van der Waals surface area contributed by atoms with Gasteiger partial charge in [-0.3, -0.25) is 13.3 Å². The molecular formula is C18H32O7S2. The fraction of sp³-hybridized carbons (Fsp3) is 0.667. The maximum atomic E-state index is 11.9. The summed E-state index contributed by atoms with van der Waals surface area (Å²) in [4.78, 5) is 0.238. The molecular weight excluding hydrogens is 392 g/mol. The van der Waals surface area contributed by atoms with Gasteiger partial charge in [0.2, 0.25) is 0 Å². The van der Waals surface area contributed by atoms with E-state index >= 15 is 0 Å². The van der Waals surface area contributed by atoms with Crippen LogP contribution in [0.5, 0.6) is 0 Å². The van der Waals surface area contributed by atoms with Gasteiger partial charge in [-0.1, -0.05) is 82.9 Å². The first-order valence-corrected chi connectivity index (χ1v) is 12.1. The number of benzene rings is 1. The summed E-state index contributed by atoms with van der Waals surface area (Å²) in [6.45, 7) is 2.52. The van der Waals surface area contributed by atoms with Gasteiger partial charge < -0.3 is 0 Å². The molecule has 0 aliphatic carbocycles. The van der Waals surface area contributed by atoms with Crippen molar-refractivity contribution in [2.24, 2.45) is 0 Å². The Labute approximate surface area is 163 Å². The molecule has 0 bridgehead atoms. The van der Waals surface area contributed by atoms with Crippen LogP contribution < -0.4 is 0 Å². The topological polar surface area (TPSA) is 118 Å². The molecule has 0 saturated carbocycles. The van der Waals surface area contributed by atoms with Crippen molar-refractivity contribution in [2.45, 2.75) is 76.0 Å². The monoisotopic (exact) mass is 424 g/mol. The molecule has 158 valence electrons. The highest BCUT2D eigenvalue weighted by atomic mass is 32.3. The summed E-state index contributed by atoms with van der Waals surface area (Å²) >= 11 is 0. The smallest absolute Gasteiger partial charge is 0.266 e. The molecule has 0 saturated heterocycles. The van der Waals surface area contributed by atoms with Gasteiger partial charge in [0.15, 0.2) is 0 Å². The van der Waals surface area contributed by atoms with Crippen molar-refractivity contribution in [2.75, 3.05) is 6.61 Å².